The minimum atomic E-state index is -0.476. The third kappa shape index (κ3) is 4.91. The van der Waals surface area contributed by atoms with E-state index in [9.17, 15) is 5.11 Å². The lowest BCUT2D eigenvalue weighted by molar-refractivity contribution is -0.0112. The lowest BCUT2D eigenvalue weighted by atomic mass is 9.65. The van der Waals surface area contributed by atoms with Gasteiger partial charge in [0.05, 0.1) is 12.7 Å². The van der Waals surface area contributed by atoms with E-state index in [1.54, 1.807) is 0 Å². The molecule has 1 saturated heterocycles. The van der Waals surface area contributed by atoms with Crippen LogP contribution in [0.15, 0.2) is 60.7 Å². The highest BCUT2D eigenvalue weighted by atomic mass is 16.5. The van der Waals surface area contributed by atoms with Crippen LogP contribution in [0.2, 0.25) is 0 Å². The van der Waals surface area contributed by atoms with Crippen LogP contribution < -0.4 is 0 Å². The van der Waals surface area contributed by atoms with E-state index in [1.807, 2.05) is 36.4 Å². The van der Waals surface area contributed by atoms with E-state index in [0.717, 1.165) is 17.7 Å². The standard InChI is InChI=1S/C26H35NO2/c1-25(2)14-22-15-26(3,18-25)19-27(22)16-23(28)17-29-24(20-10-6-4-7-11-20)21-12-8-5-9-13-21/h4-13,22-24,28H,14-19H2,1-3H3/t22-,23+,26-/m1/s1. The summed E-state index contributed by atoms with van der Waals surface area (Å²) in [6, 6.07) is 21.2. The summed E-state index contributed by atoms with van der Waals surface area (Å²) >= 11 is 0. The number of likely N-dealkylation sites (tertiary alicyclic amines) is 1. The zero-order chi connectivity index (χ0) is 20.5. The Labute approximate surface area is 175 Å². The summed E-state index contributed by atoms with van der Waals surface area (Å²) in [6.07, 6.45) is 3.15. The predicted octanol–water partition coefficient (Wildman–Crippen LogP) is 5.05. The molecule has 29 heavy (non-hydrogen) atoms. The van der Waals surface area contributed by atoms with Crippen molar-refractivity contribution in [2.45, 2.75) is 58.3 Å². The smallest absolute Gasteiger partial charge is 0.108 e. The number of rotatable bonds is 7. The number of hydrogen-bond donors (Lipinski definition) is 1. The Bertz CT molecular complexity index is 751. The average molecular weight is 394 g/mol. The molecule has 3 atom stereocenters. The van der Waals surface area contributed by atoms with Crippen molar-refractivity contribution in [1.82, 2.24) is 4.90 Å². The van der Waals surface area contributed by atoms with Crippen molar-refractivity contribution in [3.63, 3.8) is 0 Å². The highest BCUT2D eigenvalue weighted by Gasteiger charge is 2.49. The molecule has 0 spiro atoms. The van der Waals surface area contributed by atoms with Gasteiger partial charge in [0.2, 0.25) is 0 Å². The van der Waals surface area contributed by atoms with Gasteiger partial charge < -0.3 is 9.84 Å². The van der Waals surface area contributed by atoms with Gasteiger partial charge in [-0.1, -0.05) is 81.4 Å². The van der Waals surface area contributed by atoms with Gasteiger partial charge in [0.25, 0.3) is 0 Å². The molecule has 2 aromatic carbocycles. The second-order valence-electron chi connectivity index (χ2n) is 10.3. The number of ether oxygens (including phenoxy) is 1. The van der Waals surface area contributed by atoms with Gasteiger partial charge in [-0.2, -0.15) is 0 Å². The first-order valence-corrected chi connectivity index (χ1v) is 11.0. The van der Waals surface area contributed by atoms with Gasteiger partial charge in [0.1, 0.15) is 6.10 Å². The highest BCUT2D eigenvalue weighted by molar-refractivity contribution is 5.29. The normalized spacial score (nSPS) is 27.3. The fourth-order valence-corrected chi connectivity index (χ4v) is 5.96. The quantitative estimate of drug-likeness (QED) is 0.714. The molecular weight excluding hydrogens is 358 g/mol. The maximum atomic E-state index is 10.8. The lowest BCUT2D eigenvalue weighted by Gasteiger charge is -2.40. The van der Waals surface area contributed by atoms with Crippen molar-refractivity contribution in [2.24, 2.45) is 10.8 Å². The molecule has 2 aliphatic rings. The zero-order valence-corrected chi connectivity index (χ0v) is 18.1. The fraction of sp³-hybridized carbons (Fsp3) is 0.538. The van der Waals surface area contributed by atoms with Gasteiger partial charge in [-0.05, 0) is 41.2 Å². The fourth-order valence-electron chi connectivity index (χ4n) is 5.96. The molecule has 1 heterocycles. The molecule has 0 radical (unpaired) electrons. The molecular formula is C26H35NO2. The first-order chi connectivity index (χ1) is 13.8. The second kappa shape index (κ2) is 8.22. The minimum absolute atomic E-state index is 0.152. The monoisotopic (exact) mass is 393 g/mol. The molecule has 3 nitrogen and oxygen atoms in total. The molecule has 2 fully saturated rings. The summed E-state index contributed by atoms with van der Waals surface area (Å²) in [5.74, 6) is 0. The van der Waals surface area contributed by atoms with Crippen molar-refractivity contribution in [3.8, 4) is 0 Å². The van der Waals surface area contributed by atoms with E-state index in [1.165, 1.54) is 19.3 Å². The number of aliphatic hydroxyl groups excluding tert-OH is 1. The van der Waals surface area contributed by atoms with Gasteiger partial charge in [-0.3, -0.25) is 4.90 Å². The Morgan fingerprint density at radius 1 is 0.966 bits per heavy atom. The van der Waals surface area contributed by atoms with E-state index >= 15 is 0 Å². The lowest BCUT2D eigenvalue weighted by Crippen LogP contribution is -2.39. The Morgan fingerprint density at radius 3 is 2.14 bits per heavy atom. The van der Waals surface area contributed by atoms with Crippen LogP contribution in [-0.4, -0.2) is 41.8 Å². The van der Waals surface area contributed by atoms with Crippen LogP contribution in [0.4, 0.5) is 0 Å². The van der Waals surface area contributed by atoms with Gasteiger partial charge >= 0.3 is 0 Å². The molecule has 1 N–H and O–H groups in total. The summed E-state index contributed by atoms with van der Waals surface area (Å²) in [6.45, 7) is 9.35. The second-order valence-corrected chi connectivity index (χ2v) is 10.3. The number of aliphatic hydroxyl groups is 1. The molecule has 2 bridgehead atoms. The molecule has 0 unspecified atom stereocenters. The summed E-state index contributed by atoms with van der Waals surface area (Å²) in [5.41, 5.74) is 3.04. The van der Waals surface area contributed by atoms with E-state index < -0.39 is 6.10 Å². The number of β-amino-alcohol motifs (C(OH)–C–C–N with tert-alkyl or cyclic N) is 1. The summed E-state index contributed by atoms with van der Waals surface area (Å²) in [7, 11) is 0. The Balaban J connectivity index is 1.40. The first kappa shape index (κ1) is 20.6. The molecule has 156 valence electrons. The molecule has 2 aromatic rings. The molecule has 1 saturated carbocycles. The zero-order valence-electron chi connectivity index (χ0n) is 18.1. The van der Waals surface area contributed by atoms with Crippen LogP contribution >= 0.6 is 0 Å². The van der Waals surface area contributed by atoms with Crippen molar-refractivity contribution < 1.29 is 9.84 Å². The number of nitrogens with zero attached hydrogens (tertiary/aromatic N) is 1. The summed E-state index contributed by atoms with van der Waals surface area (Å²) in [5, 5.41) is 10.8. The summed E-state index contributed by atoms with van der Waals surface area (Å²) < 4.78 is 6.29. The third-order valence-corrected chi connectivity index (χ3v) is 6.63. The van der Waals surface area contributed by atoms with Crippen LogP contribution in [0.25, 0.3) is 0 Å². The van der Waals surface area contributed by atoms with Crippen LogP contribution in [-0.2, 0) is 4.74 Å². The van der Waals surface area contributed by atoms with Crippen molar-refractivity contribution >= 4 is 0 Å². The number of fused-ring (bicyclic) bond motifs is 2. The third-order valence-electron chi connectivity index (χ3n) is 6.63. The SMILES string of the molecule is CC1(C)C[C@@H]2C[C@@](C)(CN2C[C@H](O)COC(c2ccccc2)c2ccccc2)C1. The van der Waals surface area contributed by atoms with Crippen LogP contribution in [0, 0.1) is 10.8 Å². The van der Waals surface area contributed by atoms with Gasteiger partial charge in [-0.15, -0.1) is 0 Å². The van der Waals surface area contributed by atoms with E-state index in [4.69, 9.17) is 4.74 Å². The van der Waals surface area contributed by atoms with Gasteiger partial charge in [0, 0.05) is 19.1 Å². The summed E-state index contributed by atoms with van der Waals surface area (Å²) in [4.78, 5) is 2.52. The van der Waals surface area contributed by atoms with Crippen LogP contribution in [0.3, 0.4) is 0 Å². The Hall–Kier alpha value is -1.68. The predicted molar refractivity (Wildman–Crippen MR) is 118 cm³/mol. The molecule has 1 aliphatic heterocycles. The molecule has 3 heteroatoms. The van der Waals surface area contributed by atoms with Gasteiger partial charge in [0.15, 0.2) is 0 Å². The topological polar surface area (TPSA) is 32.7 Å². The minimum Gasteiger partial charge on any atom is -0.389 e. The Morgan fingerprint density at radius 2 is 1.55 bits per heavy atom. The Kier molecular flexibility index (Phi) is 5.83. The van der Waals surface area contributed by atoms with Crippen molar-refractivity contribution in [3.05, 3.63) is 71.8 Å². The largest absolute Gasteiger partial charge is 0.389 e. The molecule has 1 aliphatic carbocycles. The van der Waals surface area contributed by atoms with Gasteiger partial charge in [-0.25, -0.2) is 0 Å². The van der Waals surface area contributed by atoms with E-state index in [2.05, 4.69) is 49.9 Å². The first-order valence-electron chi connectivity index (χ1n) is 11.0. The maximum absolute atomic E-state index is 10.8. The average Bonchev–Trinajstić information content (AvgIpc) is 2.91. The van der Waals surface area contributed by atoms with E-state index in [0.29, 0.717) is 30.0 Å². The highest BCUT2D eigenvalue weighted by Crippen LogP contribution is 2.52. The van der Waals surface area contributed by atoms with Crippen molar-refractivity contribution in [2.75, 3.05) is 19.7 Å². The van der Waals surface area contributed by atoms with Crippen LogP contribution in [0.1, 0.15) is 57.3 Å². The van der Waals surface area contributed by atoms with Crippen molar-refractivity contribution in [1.29, 1.82) is 0 Å². The van der Waals surface area contributed by atoms with E-state index in [-0.39, 0.29) is 6.10 Å². The molecule has 0 aromatic heterocycles. The molecule has 4 rings (SSSR count). The number of benzene rings is 2. The molecule has 0 amide bonds. The maximum Gasteiger partial charge on any atom is 0.108 e. The van der Waals surface area contributed by atoms with Crippen LogP contribution in [0.5, 0.6) is 0 Å². The number of hydrogen-bond acceptors (Lipinski definition) is 3.